The third kappa shape index (κ3) is 2.62. The van der Waals surface area contributed by atoms with E-state index in [2.05, 4.69) is 4.74 Å². The highest BCUT2D eigenvalue weighted by molar-refractivity contribution is 7.12. The summed E-state index contributed by atoms with van der Waals surface area (Å²) in [6, 6.07) is 6.43. The molecule has 0 spiro atoms. The maximum absolute atomic E-state index is 11.4. The van der Waals surface area contributed by atoms with Gasteiger partial charge in [-0.1, -0.05) is 23.7 Å². The molecule has 0 atom stereocenters. The standard InChI is InChI=1S/C13H9ClO4S/c1-18-13(17)10-5-7(6-19-10)8-3-2-4-9(14)11(8)12(15)16/h2-6H,1H3,(H,15,16). The molecule has 0 fully saturated rings. The number of methoxy groups -OCH3 is 1. The molecule has 2 rings (SSSR count). The largest absolute Gasteiger partial charge is 0.478 e. The van der Waals surface area contributed by atoms with Crippen LogP contribution in [0.2, 0.25) is 5.02 Å². The van der Waals surface area contributed by atoms with Crippen LogP contribution in [0.3, 0.4) is 0 Å². The maximum Gasteiger partial charge on any atom is 0.348 e. The molecule has 1 aromatic carbocycles. The highest BCUT2D eigenvalue weighted by Crippen LogP contribution is 2.32. The van der Waals surface area contributed by atoms with E-state index in [0.717, 1.165) is 0 Å². The summed E-state index contributed by atoms with van der Waals surface area (Å²) in [5.74, 6) is -1.55. The normalized spacial score (nSPS) is 10.2. The van der Waals surface area contributed by atoms with E-state index in [1.54, 1.807) is 23.6 Å². The number of carboxylic acids is 1. The molecule has 0 unspecified atom stereocenters. The summed E-state index contributed by atoms with van der Waals surface area (Å²) in [5, 5.41) is 11.1. The topological polar surface area (TPSA) is 63.6 Å². The smallest absolute Gasteiger partial charge is 0.348 e. The first-order chi connectivity index (χ1) is 9.04. The van der Waals surface area contributed by atoms with Crippen molar-refractivity contribution in [2.75, 3.05) is 7.11 Å². The Hall–Kier alpha value is -1.85. The van der Waals surface area contributed by atoms with Crippen molar-refractivity contribution in [1.29, 1.82) is 0 Å². The molecule has 1 N–H and O–H groups in total. The van der Waals surface area contributed by atoms with Gasteiger partial charge in [0.25, 0.3) is 0 Å². The summed E-state index contributed by atoms with van der Waals surface area (Å²) in [6.45, 7) is 0. The van der Waals surface area contributed by atoms with Gasteiger partial charge in [0.1, 0.15) is 4.88 Å². The number of carboxylic acid groups (broad SMARTS) is 1. The molecule has 4 nitrogen and oxygen atoms in total. The number of rotatable bonds is 3. The van der Waals surface area contributed by atoms with E-state index in [0.29, 0.717) is 16.0 Å². The van der Waals surface area contributed by atoms with Crippen LogP contribution in [0.25, 0.3) is 11.1 Å². The van der Waals surface area contributed by atoms with Crippen molar-refractivity contribution in [3.8, 4) is 11.1 Å². The van der Waals surface area contributed by atoms with Crippen molar-refractivity contribution in [2.45, 2.75) is 0 Å². The second kappa shape index (κ2) is 5.42. The van der Waals surface area contributed by atoms with E-state index in [4.69, 9.17) is 11.6 Å². The van der Waals surface area contributed by atoms with Gasteiger partial charge in [0.2, 0.25) is 0 Å². The van der Waals surface area contributed by atoms with E-state index in [1.165, 1.54) is 24.5 Å². The van der Waals surface area contributed by atoms with Crippen LogP contribution in [0.1, 0.15) is 20.0 Å². The Morgan fingerprint density at radius 1 is 1.37 bits per heavy atom. The van der Waals surface area contributed by atoms with Gasteiger partial charge in [-0.25, -0.2) is 9.59 Å². The molecule has 1 aromatic heterocycles. The van der Waals surface area contributed by atoms with Crippen LogP contribution >= 0.6 is 22.9 Å². The highest BCUT2D eigenvalue weighted by atomic mass is 35.5. The van der Waals surface area contributed by atoms with Gasteiger partial charge < -0.3 is 9.84 Å². The molecular weight excluding hydrogens is 288 g/mol. The number of benzene rings is 1. The number of aromatic carboxylic acids is 1. The van der Waals surface area contributed by atoms with Crippen LogP contribution in [0.4, 0.5) is 0 Å². The minimum Gasteiger partial charge on any atom is -0.478 e. The minimum absolute atomic E-state index is 0.0263. The van der Waals surface area contributed by atoms with Gasteiger partial charge in [-0.3, -0.25) is 0 Å². The number of hydrogen-bond donors (Lipinski definition) is 1. The van der Waals surface area contributed by atoms with Crippen LogP contribution in [-0.4, -0.2) is 24.2 Å². The number of carbonyl (C=O) groups is 2. The van der Waals surface area contributed by atoms with Gasteiger partial charge in [-0.15, -0.1) is 11.3 Å². The second-order valence-electron chi connectivity index (χ2n) is 3.66. The van der Waals surface area contributed by atoms with Crippen LogP contribution < -0.4 is 0 Å². The fourth-order valence-corrected chi connectivity index (χ4v) is 2.75. The first-order valence-electron chi connectivity index (χ1n) is 5.23. The van der Waals surface area contributed by atoms with Crippen LogP contribution in [-0.2, 0) is 4.74 Å². The summed E-state index contributed by atoms with van der Waals surface area (Å²) < 4.78 is 4.62. The molecule has 0 amide bonds. The van der Waals surface area contributed by atoms with Crippen molar-refractivity contribution in [3.63, 3.8) is 0 Å². The van der Waals surface area contributed by atoms with Crippen molar-refractivity contribution in [1.82, 2.24) is 0 Å². The average molecular weight is 297 g/mol. The molecule has 0 radical (unpaired) electrons. The number of thiophene rings is 1. The highest BCUT2D eigenvalue weighted by Gasteiger charge is 2.18. The summed E-state index contributed by atoms with van der Waals surface area (Å²) in [5.41, 5.74) is 1.13. The van der Waals surface area contributed by atoms with Crippen LogP contribution in [0.15, 0.2) is 29.6 Å². The molecular formula is C13H9ClO4S. The van der Waals surface area contributed by atoms with Gasteiger partial charge in [0.15, 0.2) is 0 Å². The Kier molecular flexibility index (Phi) is 3.87. The van der Waals surface area contributed by atoms with Gasteiger partial charge in [-0.2, -0.15) is 0 Å². The maximum atomic E-state index is 11.4. The average Bonchev–Trinajstić information content (AvgIpc) is 2.86. The third-order valence-corrected chi connectivity index (χ3v) is 3.75. The first-order valence-corrected chi connectivity index (χ1v) is 6.49. The molecule has 0 aliphatic rings. The lowest BCUT2D eigenvalue weighted by molar-refractivity contribution is 0.0605. The Bertz CT molecular complexity index is 648. The van der Waals surface area contributed by atoms with E-state index in [9.17, 15) is 14.7 Å². The third-order valence-electron chi connectivity index (χ3n) is 2.52. The molecule has 0 saturated carbocycles. The monoisotopic (exact) mass is 296 g/mol. The van der Waals surface area contributed by atoms with E-state index in [1.807, 2.05) is 0 Å². The first kappa shape index (κ1) is 13.6. The van der Waals surface area contributed by atoms with E-state index < -0.39 is 11.9 Å². The number of halogens is 1. The lowest BCUT2D eigenvalue weighted by Crippen LogP contribution is -2.00. The minimum atomic E-state index is -1.11. The molecule has 0 bridgehead atoms. The van der Waals surface area contributed by atoms with Gasteiger partial charge >= 0.3 is 11.9 Å². The predicted octanol–water partition coefficient (Wildman–Crippen LogP) is 3.55. The van der Waals surface area contributed by atoms with E-state index >= 15 is 0 Å². The molecule has 2 aromatic rings. The molecule has 0 saturated heterocycles. The van der Waals surface area contributed by atoms with Crippen molar-refractivity contribution in [3.05, 3.63) is 45.1 Å². The number of ether oxygens (including phenoxy) is 1. The zero-order chi connectivity index (χ0) is 14.0. The molecule has 0 aliphatic carbocycles. The molecule has 19 heavy (non-hydrogen) atoms. The fraction of sp³-hybridized carbons (Fsp3) is 0.0769. The summed E-state index contributed by atoms with van der Waals surface area (Å²) in [6.07, 6.45) is 0. The molecule has 98 valence electrons. The summed E-state index contributed by atoms with van der Waals surface area (Å²) in [7, 11) is 1.30. The predicted molar refractivity (Wildman–Crippen MR) is 73.1 cm³/mol. The van der Waals surface area contributed by atoms with Gasteiger partial charge in [0.05, 0.1) is 17.7 Å². The van der Waals surface area contributed by atoms with Gasteiger partial charge in [0, 0.05) is 0 Å². The second-order valence-corrected chi connectivity index (χ2v) is 4.98. The SMILES string of the molecule is COC(=O)c1cc(-c2cccc(Cl)c2C(=O)O)cs1. The zero-order valence-corrected chi connectivity index (χ0v) is 11.4. The molecule has 0 aliphatic heterocycles. The Morgan fingerprint density at radius 2 is 2.11 bits per heavy atom. The Balaban J connectivity index is 2.53. The van der Waals surface area contributed by atoms with Crippen LogP contribution in [0.5, 0.6) is 0 Å². The Labute approximate surface area is 118 Å². The van der Waals surface area contributed by atoms with E-state index in [-0.39, 0.29) is 10.6 Å². The lowest BCUT2D eigenvalue weighted by Gasteiger charge is -2.05. The quantitative estimate of drug-likeness (QED) is 0.880. The lowest BCUT2D eigenvalue weighted by atomic mass is 10.0. The Morgan fingerprint density at radius 3 is 2.74 bits per heavy atom. The van der Waals surface area contributed by atoms with Crippen molar-refractivity contribution < 1.29 is 19.4 Å². The zero-order valence-electron chi connectivity index (χ0n) is 9.84. The number of carbonyl (C=O) groups excluding carboxylic acids is 1. The number of esters is 1. The molecule has 6 heteroatoms. The van der Waals surface area contributed by atoms with Crippen molar-refractivity contribution in [2.24, 2.45) is 0 Å². The number of hydrogen-bond acceptors (Lipinski definition) is 4. The fourth-order valence-electron chi connectivity index (χ4n) is 1.67. The van der Waals surface area contributed by atoms with Gasteiger partial charge in [-0.05, 0) is 28.6 Å². The van der Waals surface area contributed by atoms with Crippen molar-refractivity contribution >= 4 is 34.9 Å². The van der Waals surface area contributed by atoms with Crippen LogP contribution in [0, 0.1) is 0 Å². The summed E-state index contributed by atoms with van der Waals surface area (Å²) in [4.78, 5) is 23.0. The summed E-state index contributed by atoms with van der Waals surface area (Å²) >= 11 is 7.09. The molecule has 1 heterocycles.